The minimum absolute atomic E-state index is 0.0741. The van der Waals surface area contributed by atoms with E-state index in [2.05, 4.69) is 17.4 Å². The van der Waals surface area contributed by atoms with Crippen LogP contribution in [0.5, 0.6) is 0 Å². The van der Waals surface area contributed by atoms with Gasteiger partial charge in [-0.15, -0.1) is 0 Å². The molecule has 152 valence electrons. The summed E-state index contributed by atoms with van der Waals surface area (Å²) in [5, 5.41) is 7.00. The van der Waals surface area contributed by atoms with Crippen LogP contribution in [-0.2, 0) is 4.79 Å². The van der Waals surface area contributed by atoms with Crippen molar-refractivity contribution in [2.75, 3.05) is 6.54 Å². The van der Waals surface area contributed by atoms with E-state index < -0.39 is 0 Å². The topological polar surface area (TPSA) is 101 Å². The molecular weight excluding hydrogens is 356 g/mol. The first-order valence-corrected chi connectivity index (χ1v) is 10.8. The summed E-state index contributed by atoms with van der Waals surface area (Å²) in [6.45, 7) is 2.80. The van der Waals surface area contributed by atoms with Crippen molar-refractivity contribution in [1.82, 2.24) is 15.4 Å². The largest absolute Gasteiger partial charge is 0.360 e. The number of nitrogens with two attached hydrogens (primary N) is 1. The lowest BCUT2D eigenvalue weighted by atomic mass is 9.50. The molecule has 3 N–H and O–H groups in total. The van der Waals surface area contributed by atoms with Gasteiger partial charge in [0, 0.05) is 42.6 Å². The molecule has 5 rings (SSSR count). The second-order valence-corrected chi connectivity index (χ2v) is 9.74. The third-order valence-corrected chi connectivity index (χ3v) is 7.33. The summed E-state index contributed by atoms with van der Waals surface area (Å²) in [5.41, 5.74) is 6.67. The number of rotatable bonds is 4. The van der Waals surface area contributed by atoms with Gasteiger partial charge in [0.05, 0.1) is 0 Å². The number of hydrogen-bond acceptors (Lipinski definition) is 5. The number of nitrogens with one attached hydrogen (secondary N) is 1. The lowest BCUT2D eigenvalue weighted by Crippen LogP contribution is -2.59. The Balaban J connectivity index is 1.11. The van der Waals surface area contributed by atoms with Gasteiger partial charge in [0.25, 0.3) is 5.91 Å². The average Bonchev–Trinajstić information content (AvgIpc) is 3.33. The van der Waals surface area contributed by atoms with Gasteiger partial charge in [0.1, 0.15) is 5.76 Å². The molecule has 4 fully saturated rings. The normalized spacial score (nSPS) is 37.3. The van der Waals surface area contributed by atoms with E-state index >= 15 is 0 Å². The lowest BCUT2D eigenvalue weighted by molar-refractivity contribution is -0.152. The standard InChI is InChI=1S/C21H30N4O3/c1-12-6-16(23-19(26)17-7-18(28-24-17)13-2-3-13)4-5-25(12)20(27)14-8-21(9-14)10-15(22)11-21/h7,12-16H,2-6,8-11,22H2,1H3,(H,23,26)/t12-,14?,15?,16?,21?/m1/s1. The monoisotopic (exact) mass is 386 g/mol. The van der Waals surface area contributed by atoms with Gasteiger partial charge in [-0.1, -0.05) is 5.16 Å². The maximum absolute atomic E-state index is 12.9. The molecule has 1 aliphatic heterocycles. The van der Waals surface area contributed by atoms with Crippen LogP contribution in [0.4, 0.5) is 0 Å². The van der Waals surface area contributed by atoms with Crippen molar-refractivity contribution in [3.05, 3.63) is 17.5 Å². The Kier molecular flexibility index (Phi) is 4.27. The number of carbonyl (C=O) groups is 2. The van der Waals surface area contributed by atoms with Crippen LogP contribution >= 0.6 is 0 Å². The second-order valence-electron chi connectivity index (χ2n) is 9.74. The van der Waals surface area contributed by atoms with Crippen LogP contribution < -0.4 is 11.1 Å². The van der Waals surface area contributed by atoms with E-state index in [9.17, 15) is 9.59 Å². The second kappa shape index (κ2) is 6.58. The maximum atomic E-state index is 12.9. The number of piperidine rings is 1. The van der Waals surface area contributed by atoms with Crippen molar-refractivity contribution in [2.45, 2.75) is 82.3 Å². The predicted molar refractivity (Wildman–Crippen MR) is 103 cm³/mol. The van der Waals surface area contributed by atoms with Crippen molar-refractivity contribution in [3.8, 4) is 0 Å². The molecule has 0 radical (unpaired) electrons. The van der Waals surface area contributed by atoms with Crippen LogP contribution in [-0.4, -0.2) is 46.5 Å². The van der Waals surface area contributed by atoms with Crippen molar-refractivity contribution in [2.24, 2.45) is 17.1 Å². The van der Waals surface area contributed by atoms with Crippen LogP contribution in [0.1, 0.15) is 80.5 Å². The minimum atomic E-state index is -0.171. The maximum Gasteiger partial charge on any atom is 0.273 e. The minimum Gasteiger partial charge on any atom is -0.360 e. The molecule has 1 aromatic rings. The van der Waals surface area contributed by atoms with Crippen LogP contribution in [0.2, 0.25) is 0 Å². The lowest BCUT2D eigenvalue weighted by Gasteiger charge is -2.57. The first-order valence-electron chi connectivity index (χ1n) is 10.8. The van der Waals surface area contributed by atoms with Crippen molar-refractivity contribution in [3.63, 3.8) is 0 Å². The molecule has 1 aromatic heterocycles. The van der Waals surface area contributed by atoms with Crippen LogP contribution in [0.25, 0.3) is 0 Å². The first kappa shape index (κ1) is 18.2. The summed E-state index contributed by atoms with van der Waals surface area (Å²) in [6, 6.07) is 2.34. The summed E-state index contributed by atoms with van der Waals surface area (Å²) >= 11 is 0. The molecule has 2 heterocycles. The molecule has 1 saturated heterocycles. The van der Waals surface area contributed by atoms with Gasteiger partial charge in [-0.05, 0) is 63.7 Å². The third kappa shape index (κ3) is 3.23. The van der Waals surface area contributed by atoms with Crippen molar-refractivity contribution in [1.29, 1.82) is 0 Å². The summed E-state index contributed by atoms with van der Waals surface area (Å²) < 4.78 is 5.28. The van der Waals surface area contributed by atoms with Gasteiger partial charge in [0.15, 0.2) is 5.69 Å². The van der Waals surface area contributed by atoms with Gasteiger partial charge in [-0.2, -0.15) is 0 Å². The van der Waals surface area contributed by atoms with E-state index in [1.54, 1.807) is 6.07 Å². The summed E-state index contributed by atoms with van der Waals surface area (Å²) in [6.07, 6.45) is 8.02. The van der Waals surface area contributed by atoms with E-state index in [1.165, 1.54) is 0 Å². The predicted octanol–water partition coefficient (Wildman–Crippen LogP) is 2.18. The highest BCUT2D eigenvalue weighted by Crippen LogP contribution is 2.58. The quantitative estimate of drug-likeness (QED) is 0.826. The summed E-state index contributed by atoms with van der Waals surface area (Å²) in [7, 11) is 0. The highest BCUT2D eigenvalue weighted by molar-refractivity contribution is 5.92. The number of likely N-dealkylation sites (tertiary alicyclic amines) is 1. The fourth-order valence-electron chi connectivity index (χ4n) is 5.63. The molecule has 2 amide bonds. The van der Waals surface area contributed by atoms with Gasteiger partial charge in [-0.25, -0.2) is 0 Å². The van der Waals surface area contributed by atoms with Crippen molar-refractivity contribution < 1.29 is 14.1 Å². The molecule has 4 aliphatic rings. The highest BCUT2D eigenvalue weighted by atomic mass is 16.5. The van der Waals surface area contributed by atoms with Gasteiger partial charge in [-0.3, -0.25) is 9.59 Å². The first-order chi connectivity index (χ1) is 13.4. The van der Waals surface area contributed by atoms with Gasteiger partial charge < -0.3 is 20.5 Å². The van der Waals surface area contributed by atoms with Gasteiger partial charge >= 0.3 is 0 Å². The Hall–Kier alpha value is -1.89. The Morgan fingerprint density at radius 1 is 1.25 bits per heavy atom. The molecule has 2 atom stereocenters. The molecule has 0 aromatic carbocycles. The molecule has 3 saturated carbocycles. The molecule has 1 unspecified atom stereocenters. The molecule has 0 bridgehead atoms. The Bertz CT molecular complexity index is 772. The Morgan fingerprint density at radius 3 is 2.64 bits per heavy atom. The van der Waals surface area contributed by atoms with E-state index in [0.29, 0.717) is 35.5 Å². The van der Waals surface area contributed by atoms with Crippen LogP contribution in [0.15, 0.2) is 10.6 Å². The molecule has 3 aliphatic carbocycles. The zero-order chi connectivity index (χ0) is 19.5. The fourth-order valence-corrected chi connectivity index (χ4v) is 5.63. The van der Waals surface area contributed by atoms with Crippen LogP contribution in [0, 0.1) is 11.3 Å². The number of amides is 2. The Morgan fingerprint density at radius 2 is 2.00 bits per heavy atom. The summed E-state index contributed by atoms with van der Waals surface area (Å²) in [5.74, 6) is 1.58. The smallest absolute Gasteiger partial charge is 0.273 e. The zero-order valence-corrected chi connectivity index (χ0v) is 16.5. The average molecular weight is 386 g/mol. The molecular formula is C21H30N4O3. The molecule has 1 spiro atoms. The summed E-state index contributed by atoms with van der Waals surface area (Å²) in [4.78, 5) is 27.4. The molecule has 7 heteroatoms. The van der Waals surface area contributed by atoms with Gasteiger partial charge in [0.2, 0.25) is 5.91 Å². The fraction of sp³-hybridized carbons (Fsp3) is 0.762. The third-order valence-electron chi connectivity index (χ3n) is 7.33. The number of nitrogens with zero attached hydrogens (tertiary/aromatic N) is 2. The van der Waals surface area contributed by atoms with E-state index in [4.69, 9.17) is 10.3 Å². The number of carbonyl (C=O) groups excluding carboxylic acids is 2. The van der Waals surface area contributed by atoms with E-state index in [-0.39, 0.29) is 23.9 Å². The van der Waals surface area contributed by atoms with E-state index in [0.717, 1.165) is 57.1 Å². The van der Waals surface area contributed by atoms with Crippen LogP contribution in [0.3, 0.4) is 0 Å². The number of aromatic nitrogens is 1. The van der Waals surface area contributed by atoms with Crippen molar-refractivity contribution >= 4 is 11.8 Å². The Labute approximate surface area is 165 Å². The zero-order valence-electron chi connectivity index (χ0n) is 16.5. The SMILES string of the molecule is C[C@@H]1CC(NC(=O)c2cc(C3CC3)on2)CCN1C(=O)C1CC2(CC(N)C2)C1. The molecule has 7 nitrogen and oxygen atoms in total. The van der Waals surface area contributed by atoms with E-state index in [1.807, 2.05) is 4.90 Å². The number of hydrogen-bond donors (Lipinski definition) is 2. The molecule has 28 heavy (non-hydrogen) atoms. The highest BCUT2D eigenvalue weighted by Gasteiger charge is 2.54.